The number of carbonyl (C=O) groups excluding carboxylic acids is 3. The first-order valence-corrected chi connectivity index (χ1v) is 12.5. The van der Waals surface area contributed by atoms with Gasteiger partial charge in [-0.2, -0.15) is 0 Å². The van der Waals surface area contributed by atoms with Gasteiger partial charge in [-0.05, 0) is 57.3 Å². The summed E-state index contributed by atoms with van der Waals surface area (Å²) in [6.07, 6.45) is 12.0. The van der Waals surface area contributed by atoms with E-state index in [1.54, 1.807) is 0 Å². The van der Waals surface area contributed by atoms with Crippen molar-refractivity contribution < 1.29 is 14.4 Å². The molecule has 1 saturated heterocycles. The third-order valence-electron chi connectivity index (χ3n) is 6.61. The Kier molecular flexibility index (Phi) is 6.89. The lowest BCUT2D eigenvalue weighted by molar-refractivity contribution is -0.148. The van der Waals surface area contributed by atoms with Crippen LogP contribution in [-0.2, 0) is 33.6 Å². The predicted octanol–water partition coefficient (Wildman–Crippen LogP) is 3.44. The monoisotopic (exact) mass is 443 g/mol. The first kappa shape index (κ1) is 22.2. The first-order valence-electron chi connectivity index (χ1n) is 11.7. The van der Waals surface area contributed by atoms with Gasteiger partial charge in [0, 0.05) is 17.8 Å². The van der Waals surface area contributed by atoms with Crippen LogP contribution < -0.4 is 5.32 Å². The highest BCUT2D eigenvalue weighted by Crippen LogP contribution is 2.37. The number of amides is 3. The van der Waals surface area contributed by atoms with Gasteiger partial charge in [0.2, 0.25) is 17.7 Å². The minimum absolute atomic E-state index is 0.173. The number of imide groups is 1. The van der Waals surface area contributed by atoms with Crippen LogP contribution in [0.3, 0.4) is 0 Å². The van der Waals surface area contributed by atoms with Crippen molar-refractivity contribution >= 4 is 29.1 Å². The molecule has 1 fully saturated rings. The van der Waals surface area contributed by atoms with Gasteiger partial charge in [-0.25, -0.2) is 4.98 Å². The summed E-state index contributed by atoms with van der Waals surface area (Å²) in [5.41, 5.74) is 1.27. The number of likely N-dealkylation sites (tertiary alicyclic amines) is 1. The van der Waals surface area contributed by atoms with Crippen molar-refractivity contribution in [3.05, 3.63) is 27.7 Å². The van der Waals surface area contributed by atoms with E-state index in [0.29, 0.717) is 25.8 Å². The van der Waals surface area contributed by atoms with Crippen LogP contribution in [0.15, 0.2) is 12.2 Å². The van der Waals surface area contributed by atoms with Crippen molar-refractivity contribution in [2.75, 3.05) is 6.54 Å². The van der Waals surface area contributed by atoms with Gasteiger partial charge in [-0.1, -0.05) is 26.0 Å². The number of carbonyl (C=O) groups is 3. The summed E-state index contributed by atoms with van der Waals surface area (Å²) in [7, 11) is 0. The zero-order chi connectivity index (χ0) is 22.0. The average Bonchev–Trinajstić information content (AvgIpc) is 3.28. The van der Waals surface area contributed by atoms with E-state index >= 15 is 0 Å². The molecule has 3 unspecified atom stereocenters. The fourth-order valence-electron chi connectivity index (χ4n) is 4.99. The number of hydrogen-bond donors (Lipinski definition) is 1. The fraction of sp³-hybridized carbons (Fsp3) is 0.667. The fourth-order valence-corrected chi connectivity index (χ4v) is 6.19. The number of aromatic nitrogens is 1. The van der Waals surface area contributed by atoms with E-state index in [4.69, 9.17) is 4.98 Å². The quantitative estimate of drug-likeness (QED) is 0.379. The van der Waals surface area contributed by atoms with Crippen LogP contribution in [0.5, 0.6) is 0 Å². The predicted molar refractivity (Wildman–Crippen MR) is 121 cm³/mol. The topological polar surface area (TPSA) is 79.4 Å². The molecule has 0 bridgehead atoms. The summed E-state index contributed by atoms with van der Waals surface area (Å²) in [6, 6.07) is -0.710. The van der Waals surface area contributed by atoms with E-state index in [9.17, 15) is 14.4 Å². The normalized spacial score (nSPS) is 23.8. The summed E-state index contributed by atoms with van der Waals surface area (Å²) in [5.74, 6) is -0.937. The second-order valence-corrected chi connectivity index (χ2v) is 10.6. The molecule has 3 atom stereocenters. The molecule has 7 heteroatoms. The van der Waals surface area contributed by atoms with Gasteiger partial charge in [0.25, 0.3) is 0 Å². The Morgan fingerprint density at radius 2 is 1.84 bits per heavy atom. The molecule has 0 spiro atoms. The molecular weight excluding hydrogens is 410 g/mol. The Balaban J connectivity index is 1.34. The Hall–Kier alpha value is -2.02. The number of thiazole rings is 1. The van der Waals surface area contributed by atoms with Gasteiger partial charge in [-0.15, -0.1) is 11.3 Å². The van der Waals surface area contributed by atoms with Crippen molar-refractivity contribution in [1.29, 1.82) is 0 Å². The Labute approximate surface area is 188 Å². The number of allylic oxidation sites excluding steroid dienone is 2. The van der Waals surface area contributed by atoms with E-state index in [2.05, 4.69) is 5.32 Å². The molecule has 1 aromatic rings. The van der Waals surface area contributed by atoms with E-state index in [1.165, 1.54) is 28.3 Å². The first-order chi connectivity index (χ1) is 15.0. The lowest BCUT2D eigenvalue weighted by atomic mass is 9.85. The summed E-state index contributed by atoms with van der Waals surface area (Å²) in [5, 5.41) is 4.15. The van der Waals surface area contributed by atoms with Crippen LogP contribution >= 0.6 is 11.3 Å². The maximum Gasteiger partial charge on any atom is 0.243 e. The lowest BCUT2D eigenvalue weighted by Crippen LogP contribution is -2.50. The van der Waals surface area contributed by atoms with Crippen molar-refractivity contribution in [2.45, 2.75) is 77.7 Å². The van der Waals surface area contributed by atoms with Gasteiger partial charge in [-0.3, -0.25) is 19.3 Å². The molecule has 1 N–H and O–H groups in total. The molecule has 0 aromatic carbocycles. The minimum Gasteiger partial charge on any atom is -0.354 e. The van der Waals surface area contributed by atoms with E-state index in [0.717, 1.165) is 30.7 Å². The zero-order valence-electron chi connectivity index (χ0n) is 18.6. The minimum atomic E-state index is -0.710. The highest BCUT2D eigenvalue weighted by atomic mass is 32.1. The maximum atomic E-state index is 13.0. The SMILES string of the molecule is CC(C)CC(C(=O)NCCCc1nc2c(s1)CCCC2)N1C(=O)C2CC=CCC2C1=O. The van der Waals surface area contributed by atoms with Gasteiger partial charge in [0.1, 0.15) is 6.04 Å². The Morgan fingerprint density at radius 1 is 1.16 bits per heavy atom. The maximum absolute atomic E-state index is 13.0. The molecule has 1 aliphatic heterocycles. The number of nitrogens with zero attached hydrogens (tertiary/aromatic N) is 2. The van der Waals surface area contributed by atoms with Crippen molar-refractivity contribution in [3.8, 4) is 0 Å². The van der Waals surface area contributed by atoms with E-state index in [-0.39, 0.29) is 35.5 Å². The van der Waals surface area contributed by atoms with Crippen LogP contribution in [0.1, 0.15) is 68.0 Å². The molecule has 2 heterocycles. The van der Waals surface area contributed by atoms with Crippen molar-refractivity contribution in [3.63, 3.8) is 0 Å². The second kappa shape index (κ2) is 9.63. The van der Waals surface area contributed by atoms with Crippen LogP contribution in [-0.4, -0.2) is 40.2 Å². The molecule has 6 nitrogen and oxygen atoms in total. The standard InChI is InChI=1S/C24H33N3O3S/c1-15(2)14-19(27-23(29)16-8-3-4-9-17(16)24(27)30)22(28)25-13-7-12-21-26-18-10-5-6-11-20(18)31-21/h3-4,15-17,19H,5-14H2,1-2H3,(H,25,28). The molecule has 0 radical (unpaired) electrons. The molecule has 0 saturated carbocycles. The van der Waals surface area contributed by atoms with Gasteiger partial charge in [0.15, 0.2) is 0 Å². The van der Waals surface area contributed by atoms with Gasteiger partial charge in [0.05, 0.1) is 22.5 Å². The number of fused-ring (bicyclic) bond motifs is 2. The number of rotatable bonds is 8. The summed E-state index contributed by atoms with van der Waals surface area (Å²) in [6.45, 7) is 4.57. The average molecular weight is 444 g/mol. The third kappa shape index (κ3) is 4.76. The number of nitrogens with one attached hydrogen (secondary N) is 1. The zero-order valence-corrected chi connectivity index (χ0v) is 19.4. The third-order valence-corrected chi connectivity index (χ3v) is 7.82. The van der Waals surface area contributed by atoms with Crippen molar-refractivity contribution in [2.24, 2.45) is 17.8 Å². The van der Waals surface area contributed by atoms with E-state index in [1.807, 2.05) is 37.3 Å². The molecule has 4 rings (SSSR count). The van der Waals surface area contributed by atoms with Gasteiger partial charge >= 0.3 is 0 Å². The summed E-state index contributed by atoms with van der Waals surface area (Å²) < 4.78 is 0. The number of aryl methyl sites for hydroxylation is 3. The van der Waals surface area contributed by atoms with Crippen LogP contribution in [0.25, 0.3) is 0 Å². The Bertz CT molecular complexity index is 826. The van der Waals surface area contributed by atoms with E-state index < -0.39 is 6.04 Å². The molecule has 3 amide bonds. The van der Waals surface area contributed by atoms with Crippen molar-refractivity contribution in [1.82, 2.24) is 15.2 Å². The molecule has 1 aromatic heterocycles. The summed E-state index contributed by atoms with van der Waals surface area (Å²) in [4.78, 5) is 46.5. The molecule has 168 valence electrons. The van der Waals surface area contributed by atoms with Crippen LogP contribution in [0, 0.1) is 17.8 Å². The smallest absolute Gasteiger partial charge is 0.243 e. The van der Waals surface area contributed by atoms with Gasteiger partial charge < -0.3 is 5.32 Å². The Morgan fingerprint density at radius 3 is 2.48 bits per heavy atom. The number of hydrogen-bond acceptors (Lipinski definition) is 5. The second-order valence-electron chi connectivity index (χ2n) is 9.43. The highest BCUT2D eigenvalue weighted by molar-refractivity contribution is 7.11. The summed E-state index contributed by atoms with van der Waals surface area (Å²) >= 11 is 1.81. The lowest BCUT2D eigenvalue weighted by Gasteiger charge is -2.27. The van der Waals surface area contributed by atoms with Crippen LogP contribution in [0.4, 0.5) is 0 Å². The molecule has 3 aliphatic rings. The molecular formula is C24H33N3O3S. The van der Waals surface area contributed by atoms with Crippen LogP contribution in [0.2, 0.25) is 0 Å². The molecule has 2 aliphatic carbocycles. The largest absolute Gasteiger partial charge is 0.354 e. The molecule has 31 heavy (non-hydrogen) atoms. The highest BCUT2D eigenvalue weighted by Gasteiger charge is 2.51.